The van der Waals surface area contributed by atoms with Crippen LogP contribution in [0.15, 0.2) is 18.2 Å². The SMILES string of the molecule is COc1ccc(N(C)C(=O)C2CC2C(=O)O)cc1C. The molecule has 2 rings (SSSR count). The van der Waals surface area contributed by atoms with Crippen molar-refractivity contribution in [3.05, 3.63) is 23.8 Å². The fourth-order valence-corrected chi connectivity index (χ4v) is 2.19. The number of aryl methyl sites for hydroxylation is 1. The summed E-state index contributed by atoms with van der Waals surface area (Å²) in [6.45, 7) is 1.90. The molecule has 1 aromatic carbocycles. The Morgan fingerprint density at radius 2 is 2.05 bits per heavy atom. The van der Waals surface area contributed by atoms with Crippen LogP contribution in [0.5, 0.6) is 5.75 Å². The van der Waals surface area contributed by atoms with Gasteiger partial charge in [0.15, 0.2) is 0 Å². The van der Waals surface area contributed by atoms with Gasteiger partial charge in [0.25, 0.3) is 0 Å². The van der Waals surface area contributed by atoms with E-state index in [2.05, 4.69) is 0 Å². The predicted molar refractivity (Wildman–Crippen MR) is 70.4 cm³/mol. The highest BCUT2D eigenvalue weighted by Gasteiger charge is 2.49. The van der Waals surface area contributed by atoms with Crippen molar-refractivity contribution in [1.29, 1.82) is 0 Å². The second-order valence-corrected chi connectivity index (χ2v) is 4.84. The van der Waals surface area contributed by atoms with E-state index in [1.54, 1.807) is 26.3 Å². The van der Waals surface area contributed by atoms with Crippen LogP contribution >= 0.6 is 0 Å². The molecule has 5 heteroatoms. The fourth-order valence-electron chi connectivity index (χ4n) is 2.19. The molecule has 0 bridgehead atoms. The molecule has 1 aliphatic rings. The van der Waals surface area contributed by atoms with Gasteiger partial charge in [0.05, 0.1) is 18.9 Å². The Kier molecular flexibility index (Phi) is 3.46. The van der Waals surface area contributed by atoms with E-state index in [1.807, 2.05) is 13.0 Å². The van der Waals surface area contributed by atoms with Gasteiger partial charge in [-0.25, -0.2) is 0 Å². The van der Waals surface area contributed by atoms with Gasteiger partial charge in [0.1, 0.15) is 5.75 Å². The molecule has 0 saturated heterocycles. The van der Waals surface area contributed by atoms with Gasteiger partial charge < -0.3 is 14.7 Å². The number of aliphatic carboxylic acids is 1. The molecule has 1 saturated carbocycles. The van der Waals surface area contributed by atoms with Gasteiger partial charge in [0, 0.05) is 12.7 Å². The number of carboxylic acids is 1. The Labute approximate surface area is 111 Å². The minimum Gasteiger partial charge on any atom is -0.496 e. The number of carbonyl (C=O) groups excluding carboxylic acids is 1. The summed E-state index contributed by atoms with van der Waals surface area (Å²) >= 11 is 0. The second-order valence-electron chi connectivity index (χ2n) is 4.84. The van der Waals surface area contributed by atoms with Crippen LogP contribution in [-0.2, 0) is 9.59 Å². The van der Waals surface area contributed by atoms with Crippen molar-refractivity contribution in [2.24, 2.45) is 11.8 Å². The summed E-state index contributed by atoms with van der Waals surface area (Å²) in [7, 11) is 3.26. The Morgan fingerprint density at radius 1 is 1.37 bits per heavy atom. The molecule has 1 amide bonds. The predicted octanol–water partition coefficient (Wildman–Crippen LogP) is 1.69. The maximum absolute atomic E-state index is 12.1. The zero-order chi connectivity index (χ0) is 14.2. The average molecular weight is 263 g/mol. The first-order valence-electron chi connectivity index (χ1n) is 6.10. The highest BCUT2D eigenvalue weighted by Crippen LogP contribution is 2.40. The number of benzene rings is 1. The number of rotatable bonds is 4. The molecule has 1 aliphatic carbocycles. The molecule has 2 unspecified atom stereocenters. The van der Waals surface area contributed by atoms with E-state index in [0.29, 0.717) is 6.42 Å². The van der Waals surface area contributed by atoms with Crippen LogP contribution in [0.1, 0.15) is 12.0 Å². The smallest absolute Gasteiger partial charge is 0.307 e. The van der Waals surface area contributed by atoms with E-state index in [1.165, 1.54) is 4.90 Å². The molecule has 1 fully saturated rings. The van der Waals surface area contributed by atoms with E-state index in [9.17, 15) is 9.59 Å². The van der Waals surface area contributed by atoms with E-state index in [-0.39, 0.29) is 11.8 Å². The Morgan fingerprint density at radius 3 is 2.53 bits per heavy atom. The second kappa shape index (κ2) is 4.91. The van der Waals surface area contributed by atoms with Crippen molar-refractivity contribution in [2.45, 2.75) is 13.3 Å². The van der Waals surface area contributed by atoms with Gasteiger partial charge in [0.2, 0.25) is 5.91 Å². The molecule has 0 heterocycles. The van der Waals surface area contributed by atoms with Crippen molar-refractivity contribution < 1.29 is 19.4 Å². The topological polar surface area (TPSA) is 66.8 Å². The third-order valence-electron chi connectivity index (χ3n) is 3.52. The van der Waals surface area contributed by atoms with Crippen LogP contribution < -0.4 is 9.64 Å². The van der Waals surface area contributed by atoms with Gasteiger partial charge in [-0.3, -0.25) is 9.59 Å². The summed E-state index contributed by atoms with van der Waals surface area (Å²) < 4.78 is 5.17. The number of carboxylic acid groups (broad SMARTS) is 1. The van der Waals surface area contributed by atoms with E-state index in [0.717, 1.165) is 17.0 Å². The molecule has 102 valence electrons. The Hall–Kier alpha value is -2.04. The Balaban J connectivity index is 2.12. The van der Waals surface area contributed by atoms with Gasteiger partial charge in [-0.1, -0.05) is 0 Å². The number of ether oxygens (including phenoxy) is 1. The normalized spacial score (nSPS) is 20.8. The molecule has 2 atom stereocenters. The van der Waals surface area contributed by atoms with Crippen molar-refractivity contribution in [3.8, 4) is 5.75 Å². The van der Waals surface area contributed by atoms with Gasteiger partial charge in [-0.05, 0) is 37.1 Å². The lowest BCUT2D eigenvalue weighted by Gasteiger charge is -2.18. The highest BCUT2D eigenvalue weighted by atomic mass is 16.5. The molecule has 5 nitrogen and oxygen atoms in total. The van der Waals surface area contributed by atoms with Gasteiger partial charge in [-0.2, -0.15) is 0 Å². The van der Waals surface area contributed by atoms with Crippen LogP contribution in [0.4, 0.5) is 5.69 Å². The van der Waals surface area contributed by atoms with Crippen LogP contribution in [0.25, 0.3) is 0 Å². The van der Waals surface area contributed by atoms with Crippen molar-refractivity contribution in [1.82, 2.24) is 0 Å². The summed E-state index contributed by atoms with van der Waals surface area (Å²) in [5.74, 6) is -1.17. The standard InChI is InChI=1S/C14H17NO4/c1-8-6-9(4-5-12(8)19-3)15(2)13(16)10-7-11(10)14(17)18/h4-6,10-11H,7H2,1-3H3,(H,17,18). The third-order valence-corrected chi connectivity index (χ3v) is 3.52. The van der Waals surface area contributed by atoms with Crippen molar-refractivity contribution in [2.75, 3.05) is 19.1 Å². The lowest BCUT2D eigenvalue weighted by atomic mass is 10.1. The lowest BCUT2D eigenvalue weighted by molar-refractivity contribution is -0.139. The Bertz CT molecular complexity index is 526. The highest BCUT2D eigenvalue weighted by molar-refractivity contribution is 5.99. The largest absolute Gasteiger partial charge is 0.496 e. The number of anilines is 1. The lowest BCUT2D eigenvalue weighted by Crippen LogP contribution is -2.29. The van der Waals surface area contributed by atoms with Crippen LogP contribution in [-0.4, -0.2) is 31.1 Å². The van der Waals surface area contributed by atoms with Crippen LogP contribution in [0, 0.1) is 18.8 Å². The minimum absolute atomic E-state index is 0.142. The van der Waals surface area contributed by atoms with Crippen molar-refractivity contribution >= 4 is 17.6 Å². The molecule has 0 aromatic heterocycles. The summed E-state index contributed by atoms with van der Waals surface area (Å²) in [5, 5.41) is 8.85. The molecule has 1 aromatic rings. The first-order chi connectivity index (χ1) is 8.95. The minimum atomic E-state index is -0.891. The molecular weight excluding hydrogens is 246 g/mol. The van der Waals surface area contributed by atoms with Gasteiger partial charge in [-0.15, -0.1) is 0 Å². The fraction of sp³-hybridized carbons (Fsp3) is 0.429. The number of amides is 1. The zero-order valence-electron chi connectivity index (χ0n) is 11.2. The van der Waals surface area contributed by atoms with E-state index in [4.69, 9.17) is 9.84 Å². The number of hydrogen-bond acceptors (Lipinski definition) is 3. The molecular formula is C14H17NO4. The number of hydrogen-bond donors (Lipinski definition) is 1. The molecule has 1 N–H and O–H groups in total. The molecule has 0 aliphatic heterocycles. The number of methoxy groups -OCH3 is 1. The molecule has 19 heavy (non-hydrogen) atoms. The molecule has 0 spiro atoms. The summed E-state index contributed by atoms with van der Waals surface area (Å²) in [5.41, 5.74) is 1.68. The summed E-state index contributed by atoms with van der Waals surface area (Å²) in [4.78, 5) is 24.4. The first kappa shape index (κ1) is 13.4. The number of nitrogens with zero attached hydrogens (tertiary/aromatic N) is 1. The first-order valence-corrected chi connectivity index (χ1v) is 6.10. The average Bonchev–Trinajstić information content (AvgIpc) is 3.17. The molecule has 0 radical (unpaired) electrons. The maximum atomic E-state index is 12.1. The van der Waals surface area contributed by atoms with Crippen molar-refractivity contribution in [3.63, 3.8) is 0 Å². The van der Waals surface area contributed by atoms with Crippen LogP contribution in [0.2, 0.25) is 0 Å². The number of carbonyl (C=O) groups is 2. The van der Waals surface area contributed by atoms with E-state index < -0.39 is 11.9 Å². The van der Waals surface area contributed by atoms with Gasteiger partial charge >= 0.3 is 5.97 Å². The summed E-state index contributed by atoms with van der Waals surface area (Å²) in [6.07, 6.45) is 0.438. The summed E-state index contributed by atoms with van der Waals surface area (Å²) in [6, 6.07) is 5.45. The van der Waals surface area contributed by atoms with E-state index >= 15 is 0 Å². The quantitative estimate of drug-likeness (QED) is 0.897. The monoisotopic (exact) mass is 263 g/mol. The maximum Gasteiger partial charge on any atom is 0.307 e. The third kappa shape index (κ3) is 2.54. The van der Waals surface area contributed by atoms with Crippen LogP contribution in [0.3, 0.4) is 0 Å². The zero-order valence-corrected chi connectivity index (χ0v) is 11.2.